The first kappa shape index (κ1) is 15.1. The van der Waals surface area contributed by atoms with Gasteiger partial charge in [0.15, 0.2) is 0 Å². The molecule has 1 saturated heterocycles. The van der Waals surface area contributed by atoms with Crippen molar-refractivity contribution in [2.24, 2.45) is 0 Å². The van der Waals surface area contributed by atoms with Gasteiger partial charge in [0.2, 0.25) is 0 Å². The third kappa shape index (κ3) is 4.10. The van der Waals surface area contributed by atoms with E-state index in [2.05, 4.69) is 28.4 Å². The van der Waals surface area contributed by atoms with Crippen molar-refractivity contribution in [3.8, 4) is 5.75 Å². The molecule has 5 heteroatoms. The zero-order valence-corrected chi connectivity index (χ0v) is 12.1. The van der Waals surface area contributed by atoms with Gasteiger partial charge in [-0.15, -0.1) is 0 Å². The molecule has 0 aromatic heterocycles. The zero-order chi connectivity index (χ0) is 14.2. The minimum absolute atomic E-state index is 0.228. The molecule has 1 heterocycles. The van der Waals surface area contributed by atoms with Crippen molar-refractivity contribution in [3.05, 3.63) is 23.8 Å². The molecule has 2 rings (SSSR count). The topological polar surface area (TPSA) is 54.0 Å². The Morgan fingerprint density at radius 2 is 2.15 bits per heavy atom. The highest BCUT2D eigenvalue weighted by Crippen LogP contribution is 2.29. The molecule has 0 radical (unpaired) electrons. The van der Waals surface area contributed by atoms with Crippen LogP contribution in [-0.2, 0) is 11.3 Å². The highest BCUT2D eigenvalue weighted by Gasteiger charge is 2.15. The molecule has 1 fully saturated rings. The van der Waals surface area contributed by atoms with E-state index in [0.717, 1.165) is 57.3 Å². The van der Waals surface area contributed by atoms with E-state index >= 15 is 0 Å². The minimum atomic E-state index is 0.228. The molecule has 1 aliphatic rings. The minimum Gasteiger partial charge on any atom is -0.495 e. The molecule has 1 aromatic carbocycles. The summed E-state index contributed by atoms with van der Waals surface area (Å²) < 4.78 is 10.9. The molecule has 0 spiro atoms. The van der Waals surface area contributed by atoms with Crippen molar-refractivity contribution in [1.29, 1.82) is 0 Å². The standard InChI is InChI=1S/C15H24N2O3/c1-19-15-11-13(12-16-5-2-8-18)3-4-14(15)17-6-9-20-10-7-17/h3-4,11,16,18H,2,5-10,12H2,1H3. The summed E-state index contributed by atoms with van der Waals surface area (Å²) in [6.07, 6.45) is 0.781. The predicted octanol–water partition coefficient (Wildman–Crippen LogP) is 1.00. The number of rotatable bonds is 7. The fraction of sp³-hybridized carbons (Fsp3) is 0.600. The summed E-state index contributed by atoms with van der Waals surface area (Å²) in [7, 11) is 1.71. The molecule has 0 aliphatic carbocycles. The summed E-state index contributed by atoms with van der Waals surface area (Å²) >= 11 is 0. The molecule has 1 aromatic rings. The van der Waals surface area contributed by atoms with E-state index in [9.17, 15) is 0 Å². The average molecular weight is 280 g/mol. The lowest BCUT2D eigenvalue weighted by atomic mass is 10.1. The number of benzene rings is 1. The number of morpholine rings is 1. The Labute approximate surface area is 120 Å². The number of hydrogen-bond donors (Lipinski definition) is 2. The third-order valence-corrected chi connectivity index (χ3v) is 3.44. The number of hydrogen-bond acceptors (Lipinski definition) is 5. The maximum Gasteiger partial charge on any atom is 0.142 e. The quantitative estimate of drug-likeness (QED) is 0.730. The first-order valence-corrected chi connectivity index (χ1v) is 7.16. The van der Waals surface area contributed by atoms with Crippen molar-refractivity contribution in [1.82, 2.24) is 5.32 Å². The fourth-order valence-corrected chi connectivity index (χ4v) is 2.33. The van der Waals surface area contributed by atoms with Crippen molar-refractivity contribution in [3.63, 3.8) is 0 Å². The lowest BCUT2D eigenvalue weighted by Crippen LogP contribution is -2.36. The van der Waals surface area contributed by atoms with E-state index < -0.39 is 0 Å². The van der Waals surface area contributed by atoms with E-state index in [-0.39, 0.29) is 6.61 Å². The van der Waals surface area contributed by atoms with Gasteiger partial charge in [-0.25, -0.2) is 0 Å². The number of nitrogens with zero attached hydrogens (tertiary/aromatic N) is 1. The monoisotopic (exact) mass is 280 g/mol. The maximum absolute atomic E-state index is 8.75. The van der Waals surface area contributed by atoms with Crippen LogP contribution >= 0.6 is 0 Å². The second-order valence-corrected chi connectivity index (χ2v) is 4.86. The van der Waals surface area contributed by atoms with E-state index in [1.807, 2.05) is 0 Å². The average Bonchev–Trinajstić information content (AvgIpc) is 2.52. The Kier molecular flexibility index (Phi) is 6.11. The van der Waals surface area contributed by atoms with Gasteiger partial charge in [-0.3, -0.25) is 0 Å². The maximum atomic E-state index is 8.75. The number of aliphatic hydroxyl groups is 1. The summed E-state index contributed by atoms with van der Waals surface area (Å²) in [5.74, 6) is 0.911. The highest BCUT2D eigenvalue weighted by atomic mass is 16.5. The molecule has 0 unspecified atom stereocenters. The molecule has 0 bridgehead atoms. The molecule has 2 N–H and O–H groups in total. The summed E-state index contributed by atoms with van der Waals surface area (Å²) in [4.78, 5) is 2.30. The van der Waals surface area contributed by atoms with Gasteiger partial charge in [-0.05, 0) is 30.7 Å². The van der Waals surface area contributed by atoms with Gasteiger partial charge < -0.3 is 24.8 Å². The molecule has 5 nitrogen and oxygen atoms in total. The zero-order valence-electron chi connectivity index (χ0n) is 12.1. The smallest absolute Gasteiger partial charge is 0.142 e. The van der Waals surface area contributed by atoms with E-state index in [0.29, 0.717) is 0 Å². The number of methoxy groups -OCH3 is 1. The van der Waals surface area contributed by atoms with Crippen molar-refractivity contribution < 1.29 is 14.6 Å². The highest BCUT2D eigenvalue weighted by molar-refractivity contribution is 5.60. The lowest BCUT2D eigenvalue weighted by Gasteiger charge is -2.30. The van der Waals surface area contributed by atoms with Gasteiger partial charge >= 0.3 is 0 Å². The first-order valence-electron chi connectivity index (χ1n) is 7.16. The van der Waals surface area contributed by atoms with Gasteiger partial charge in [0, 0.05) is 26.2 Å². The molecule has 112 valence electrons. The summed E-state index contributed by atoms with van der Waals surface area (Å²) in [6, 6.07) is 6.32. The van der Waals surface area contributed by atoms with Gasteiger partial charge in [-0.2, -0.15) is 0 Å². The second kappa shape index (κ2) is 8.09. The molecule has 0 saturated carbocycles. The van der Waals surface area contributed by atoms with Gasteiger partial charge in [0.25, 0.3) is 0 Å². The van der Waals surface area contributed by atoms with Crippen LogP contribution in [0.25, 0.3) is 0 Å². The van der Waals surface area contributed by atoms with Crippen LogP contribution in [0.4, 0.5) is 5.69 Å². The predicted molar refractivity (Wildman–Crippen MR) is 79.4 cm³/mol. The number of aliphatic hydroxyl groups excluding tert-OH is 1. The Morgan fingerprint density at radius 3 is 2.85 bits per heavy atom. The van der Waals surface area contributed by atoms with Crippen molar-refractivity contribution in [2.75, 3.05) is 51.5 Å². The van der Waals surface area contributed by atoms with Crippen LogP contribution < -0.4 is 15.0 Å². The van der Waals surface area contributed by atoms with Gasteiger partial charge in [-0.1, -0.05) is 6.07 Å². The summed E-state index contributed by atoms with van der Waals surface area (Å²) in [5.41, 5.74) is 2.33. The number of ether oxygens (including phenoxy) is 2. The molecule has 1 aliphatic heterocycles. The summed E-state index contributed by atoms with van der Waals surface area (Å²) in [6.45, 7) is 5.20. The number of anilines is 1. The van der Waals surface area contributed by atoms with Crippen LogP contribution in [0, 0.1) is 0 Å². The molecular formula is C15H24N2O3. The van der Waals surface area contributed by atoms with E-state index in [1.165, 1.54) is 5.56 Å². The van der Waals surface area contributed by atoms with E-state index in [4.69, 9.17) is 14.6 Å². The van der Waals surface area contributed by atoms with Crippen LogP contribution in [0.1, 0.15) is 12.0 Å². The van der Waals surface area contributed by atoms with Crippen molar-refractivity contribution in [2.45, 2.75) is 13.0 Å². The molecule has 0 amide bonds. The number of nitrogens with one attached hydrogen (secondary N) is 1. The Bertz CT molecular complexity index is 406. The van der Waals surface area contributed by atoms with Crippen LogP contribution in [0.3, 0.4) is 0 Å². The van der Waals surface area contributed by atoms with Crippen LogP contribution in [-0.4, -0.2) is 51.7 Å². The largest absolute Gasteiger partial charge is 0.495 e. The molecular weight excluding hydrogens is 256 g/mol. The third-order valence-electron chi connectivity index (χ3n) is 3.44. The fourth-order valence-electron chi connectivity index (χ4n) is 2.33. The van der Waals surface area contributed by atoms with Crippen LogP contribution in [0.15, 0.2) is 18.2 Å². The lowest BCUT2D eigenvalue weighted by molar-refractivity contribution is 0.122. The Morgan fingerprint density at radius 1 is 1.35 bits per heavy atom. The summed E-state index contributed by atoms with van der Waals surface area (Å²) in [5, 5.41) is 12.1. The van der Waals surface area contributed by atoms with Crippen LogP contribution in [0.2, 0.25) is 0 Å². The molecule has 20 heavy (non-hydrogen) atoms. The first-order chi connectivity index (χ1) is 9.85. The normalized spacial score (nSPS) is 15.4. The second-order valence-electron chi connectivity index (χ2n) is 4.86. The Balaban J connectivity index is 1.99. The van der Waals surface area contributed by atoms with E-state index in [1.54, 1.807) is 7.11 Å². The van der Waals surface area contributed by atoms with Gasteiger partial charge in [0.05, 0.1) is 26.0 Å². The van der Waals surface area contributed by atoms with Crippen LogP contribution in [0.5, 0.6) is 5.75 Å². The molecule has 0 atom stereocenters. The Hall–Kier alpha value is -1.30. The SMILES string of the molecule is COc1cc(CNCCCO)ccc1N1CCOCC1. The van der Waals surface area contributed by atoms with Crippen molar-refractivity contribution >= 4 is 5.69 Å². The van der Waals surface area contributed by atoms with Gasteiger partial charge in [0.1, 0.15) is 5.75 Å².